The standard InChI is InChI=1S/C17H27NO/c1-4-19-12-17(13(2)3)18-11-15-7-5-6-8-16(15)14-9-10-14/h5-8,13-14,17-18H,4,9-12H2,1-3H3. The third-order valence-corrected chi connectivity index (χ3v) is 3.93. The summed E-state index contributed by atoms with van der Waals surface area (Å²) in [6, 6.07) is 9.31. The molecule has 2 nitrogen and oxygen atoms in total. The second-order valence-corrected chi connectivity index (χ2v) is 5.86. The highest BCUT2D eigenvalue weighted by atomic mass is 16.5. The van der Waals surface area contributed by atoms with E-state index in [4.69, 9.17) is 4.74 Å². The Labute approximate surface area is 117 Å². The Hall–Kier alpha value is -0.860. The van der Waals surface area contributed by atoms with Crippen molar-refractivity contribution in [3.8, 4) is 0 Å². The van der Waals surface area contributed by atoms with Gasteiger partial charge in [-0.1, -0.05) is 38.1 Å². The van der Waals surface area contributed by atoms with Gasteiger partial charge in [0.05, 0.1) is 6.61 Å². The molecule has 0 amide bonds. The summed E-state index contributed by atoms with van der Waals surface area (Å²) in [4.78, 5) is 0. The number of hydrogen-bond donors (Lipinski definition) is 1. The molecule has 19 heavy (non-hydrogen) atoms. The molecule has 1 unspecified atom stereocenters. The van der Waals surface area contributed by atoms with E-state index in [2.05, 4.69) is 50.4 Å². The van der Waals surface area contributed by atoms with E-state index in [-0.39, 0.29) is 0 Å². The second kappa shape index (κ2) is 7.06. The molecule has 0 saturated heterocycles. The highest BCUT2D eigenvalue weighted by molar-refractivity contribution is 5.33. The van der Waals surface area contributed by atoms with Crippen molar-refractivity contribution < 1.29 is 4.74 Å². The molecule has 0 spiro atoms. The van der Waals surface area contributed by atoms with Crippen LogP contribution in [-0.2, 0) is 11.3 Å². The first kappa shape index (κ1) is 14.5. The lowest BCUT2D eigenvalue weighted by Crippen LogP contribution is -2.37. The van der Waals surface area contributed by atoms with Crippen LogP contribution in [0.3, 0.4) is 0 Å². The maximum atomic E-state index is 5.57. The van der Waals surface area contributed by atoms with Crippen molar-refractivity contribution in [2.45, 2.75) is 52.1 Å². The minimum Gasteiger partial charge on any atom is -0.380 e. The minimum absolute atomic E-state index is 0.437. The van der Waals surface area contributed by atoms with E-state index in [9.17, 15) is 0 Å². The van der Waals surface area contributed by atoms with E-state index in [1.807, 2.05) is 0 Å². The molecule has 1 N–H and O–H groups in total. The second-order valence-electron chi connectivity index (χ2n) is 5.86. The summed E-state index contributed by atoms with van der Waals surface area (Å²) in [6.07, 6.45) is 2.73. The van der Waals surface area contributed by atoms with Crippen molar-refractivity contribution in [3.63, 3.8) is 0 Å². The largest absolute Gasteiger partial charge is 0.380 e. The predicted octanol–water partition coefficient (Wildman–Crippen LogP) is 3.71. The third kappa shape index (κ3) is 4.32. The molecule has 1 aromatic rings. The smallest absolute Gasteiger partial charge is 0.0622 e. The molecule has 1 atom stereocenters. The zero-order valence-corrected chi connectivity index (χ0v) is 12.5. The van der Waals surface area contributed by atoms with Crippen LogP contribution in [0.25, 0.3) is 0 Å². The van der Waals surface area contributed by atoms with Gasteiger partial charge in [0.25, 0.3) is 0 Å². The molecular formula is C17H27NO. The molecule has 0 aromatic heterocycles. The summed E-state index contributed by atoms with van der Waals surface area (Å²) in [6.45, 7) is 9.12. The number of rotatable bonds is 8. The Morgan fingerprint density at radius 1 is 1.26 bits per heavy atom. The van der Waals surface area contributed by atoms with Gasteiger partial charge in [-0.15, -0.1) is 0 Å². The van der Waals surface area contributed by atoms with E-state index in [1.54, 1.807) is 5.56 Å². The molecule has 0 radical (unpaired) electrons. The number of hydrogen-bond acceptors (Lipinski definition) is 2. The molecule has 0 heterocycles. The normalized spacial score (nSPS) is 16.8. The fourth-order valence-corrected chi connectivity index (χ4v) is 2.46. The van der Waals surface area contributed by atoms with Crippen molar-refractivity contribution in [2.24, 2.45) is 5.92 Å². The Morgan fingerprint density at radius 3 is 2.63 bits per heavy atom. The van der Waals surface area contributed by atoms with Gasteiger partial charge in [0.15, 0.2) is 0 Å². The quantitative estimate of drug-likeness (QED) is 0.770. The molecular weight excluding hydrogens is 234 g/mol. The summed E-state index contributed by atoms with van der Waals surface area (Å²) in [7, 11) is 0. The predicted molar refractivity (Wildman–Crippen MR) is 80.4 cm³/mol. The monoisotopic (exact) mass is 261 g/mol. The van der Waals surface area contributed by atoms with Gasteiger partial charge in [-0.2, -0.15) is 0 Å². The van der Waals surface area contributed by atoms with Crippen LogP contribution in [-0.4, -0.2) is 19.3 Å². The SMILES string of the molecule is CCOCC(NCc1ccccc1C1CC1)C(C)C. The molecule has 2 rings (SSSR count). The maximum Gasteiger partial charge on any atom is 0.0622 e. The zero-order chi connectivity index (χ0) is 13.7. The average Bonchev–Trinajstić information content (AvgIpc) is 3.23. The highest BCUT2D eigenvalue weighted by Crippen LogP contribution is 2.41. The summed E-state index contributed by atoms with van der Waals surface area (Å²) in [5, 5.41) is 3.67. The van der Waals surface area contributed by atoms with Gasteiger partial charge in [-0.05, 0) is 42.7 Å². The van der Waals surface area contributed by atoms with Crippen molar-refractivity contribution >= 4 is 0 Å². The van der Waals surface area contributed by atoms with Gasteiger partial charge in [0.1, 0.15) is 0 Å². The molecule has 2 heteroatoms. The number of benzene rings is 1. The van der Waals surface area contributed by atoms with Gasteiger partial charge in [0.2, 0.25) is 0 Å². The van der Waals surface area contributed by atoms with E-state index >= 15 is 0 Å². The van der Waals surface area contributed by atoms with Crippen LogP contribution in [0.5, 0.6) is 0 Å². The molecule has 0 bridgehead atoms. The maximum absolute atomic E-state index is 5.57. The van der Waals surface area contributed by atoms with E-state index in [0.717, 1.165) is 25.7 Å². The molecule has 1 saturated carbocycles. The molecule has 1 fully saturated rings. The van der Waals surface area contributed by atoms with Gasteiger partial charge in [0, 0.05) is 19.2 Å². The number of nitrogens with one attached hydrogen (secondary N) is 1. The van der Waals surface area contributed by atoms with Crippen molar-refractivity contribution in [1.29, 1.82) is 0 Å². The first-order valence-corrected chi connectivity index (χ1v) is 7.61. The van der Waals surface area contributed by atoms with Crippen LogP contribution in [0.1, 0.15) is 50.7 Å². The van der Waals surface area contributed by atoms with E-state index < -0.39 is 0 Å². The first-order valence-electron chi connectivity index (χ1n) is 7.61. The molecule has 106 valence electrons. The fraction of sp³-hybridized carbons (Fsp3) is 0.647. The van der Waals surface area contributed by atoms with Gasteiger partial charge < -0.3 is 10.1 Å². The van der Waals surface area contributed by atoms with Crippen LogP contribution < -0.4 is 5.32 Å². The first-order chi connectivity index (χ1) is 9.22. The van der Waals surface area contributed by atoms with Gasteiger partial charge >= 0.3 is 0 Å². The van der Waals surface area contributed by atoms with Crippen LogP contribution in [0.15, 0.2) is 24.3 Å². The average molecular weight is 261 g/mol. The molecule has 1 aliphatic carbocycles. The Balaban J connectivity index is 1.92. The van der Waals surface area contributed by atoms with Crippen molar-refractivity contribution in [1.82, 2.24) is 5.32 Å². The summed E-state index contributed by atoms with van der Waals surface area (Å²) < 4.78 is 5.57. The number of ether oxygens (including phenoxy) is 1. The van der Waals surface area contributed by atoms with Crippen molar-refractivity contribution in [2.75, 3.05) is 13.2 Å². The van der Waals surface area contributed by atoms with Gasteiger partial charge in [-0.25, -0.2) is 0 Å². The Kier molecular flexibility index (Phi) is 5.41. The lowest BCUT2D eigenvalue weighted by Gasteiger charge is -2.23. The Morgan fingerprint density at radius 2 is 2.00 bits per heavy atom. The molecule has 1 aromatic carbocycles. The minimum atomic E-state index is 0.437. The lowest BCUT2D eigenvalue weighted by atomic mass is 10.0. The molecule has 0 aliphatic heterocycles. The van der Waals surface area contributed by atoms with Crippen LogP contribution >= 0.6 is 0 Å². The fourth-order valence-electron chi connectivity index (χ4n) is 2.46. The van der Waals surface area contributed by atoms with E-state index in [0.29, 0.717) is 12.0 Å². The topological polar surface area (TPSA) is 21.3 Å². The summed E-state index contributed by atoms with van der Waals surface area (Å²) in [5.41, 5.74) is 3.01. The third-order valence-electron chi connectivity index (χ3n) is 3.93. The van der Waals surface area contributed by atoms with Crippen LogP contribution in [0, 0.1) is 5.92 Å². The van der Waals surface area contributed by atoms with Crippen LogP contribution in [0.2, 0.25) is 0 Å². The Bertz CT molecular complexity index is 385. The van der Waals surface area contributed by atoms with Gasteiger partial charge in [-0.3, -0.25) is 0 Å². The van der Waals surface area contributed by atoms with Crippen LogP contribution in [0.4, 0.5) is 0 Å². The molecule has 1 aliphatic rings. The highest BCUT2D eigenvalue weighted by Gasteiger charge is 2.25. The lowest BCUT2D eigenvalue weighted by molar-refractivity contribution is 0.108. The summed E-state index contributed by atoms with van der Waals surface area (Å²) >= 11 is 0. The van der Waals surface area contributed by atoms with E-state index in [1.165, 1.54) is 18.4 Å². The summed E-state index contributed by atoms with van der Waals surface area (Å²) in [5.74, 6) is 1.42. The zero-order valence-electron chi connectivity index (χ0n) is 12.5. The van der Waals surface area contributed by atoms with Crippen molar-refractivity contribution in [3.05, 3.63) is 35.4 Å².